The van der Waals surface area contributed by atoms with Gasteiger partial charge in [-0.2, -0.15) is 0 Å². The third kappa shape index (κ3) is 2.99. The van der Waals surface area contributed by atoms with Gasteiger partial charge in [0.25, 0.3) is 0 Å². The van der Waals surface area contributed by atoms with Crippen molar-refractivity contribution < 1.29 is 4.74 Å². The van der Waals surface area contributed by atoms with Crippen LogP contribution in [-0.2, 0) is 6.42 Å². The van der Waals surface area contributed by atoms with E-state index in [0.717, 1.165) is 53.2 Å². The molecule has 1 aromatic carbocycles. The van der Waals surface area contributed by atoms with Gasteiger partial charge in [-0.1, -0.05) is 11.6 Å². The molecule has 0 unspecified atom stereocenters. The van der Waals surface area contributed by atoms with Crippen molar-refractivity contribution in [1.29, 1.82) is 0 Å². The van der Waals surface area contributed by atoms with Gasteiger partial charge in [0.05, 0.1) is 12.1 Å². The van der Waals surface area contributed by atoms with Crippen molar-refractivity contribution in [2.75, 3.05) is 13.7 Å². The lowest BCUT2D eigenvalue weighted by Crippen LogP contribution is -2.00. The summed E-state index contributed by atoms with van der Waals surface area (Å²) in [7, 11) is 1.65. The van der Waals surface area contributed by atoms with Crippen LogP contribution in [0.3, 0.4) is 0 Å². The predicted molar refractivity (Wildman–Crippen MR) is 80.0 cm³/mol. The highest BCUT2D eigenvalue weighted by atomic mass is 35.5. The van der Waals surface area contributed by atoms with Crippen LogP contribution in [0, 0.1) is 6.92 Å². The fraction of sp³-hybridized carbons (Fsp3) is 0.400. The van der Waals surface area contributed by atoms with E-state index < -0.39 is 0 Å². The molecule has 0 aliphatic rings. The van der Waals surface area contributed by atoms with Crippen LogP contribution in [0.4, 0.5) is 0 Å². The van der Waals surface area contributed by atoms with E-state index in [2.05, 4.69) is 11.1 Å². The van der Waals surface area contributed by atoms with Crippen LogP contribution in [0.5, 0.6) is 5.75 Å². The molecular weight excluding hydrogens is 260 g/mol. The molecule has 0 fully saturated rings. The summed E-state index contributed by atoms with van der Waals surface area (Å²) in [5.41, 5.74) is 8.60. The molecular formula is C15H19ClN2O. The Labute approximate surface area is 118 Å². The minimum Gasteiger partial charge on any atom is -0.494 e. The Hall–Kier alpha value is -1.32. The number of aromatic nitrogens is 1. The largest absolute Gasteiger partial charge is 0.494 e. The molecule has 4 heteroatoms. The van der Waals surface area contributed by atoms with Gasteiger partial charge < -0.3 is 10.5 Å². The molecule has 0 aliphatic heterocycles. The highest BCUT2D eigenvalue weighted by molar-refractivity contribution is 6.35. The second-order valence-corrected chi connectivity index (χ2v) is 5.05. The summed E-state index contributed by atoms with van der Waals surface area (Å²) >= 11 is 6.34. The van der Waals surface area contributed by atoms with Crippen molar-refractivity contribution in [2.45, 2.75) is 26.2 Å². The molecule has 0 saturated heterocycles. The van der Waals surface area contributed by atoms with Crippen LogP contribution < -0.4 is 10.5 Å². The highest BCUT2D eigenvalue weighted by Gasteiger charge is 2.12. The summed E-state index contributed by atoms with van der Waals surface area (Å²) in [6, 6.07) is 5.83. The van der Waals surface area contributed by atoms with Crippen LogP contribution in [0.1, 0.15) is 24.1 Å². The first-order valence-electron chi connectivity index (χ1n) is 6.50. The van der Waals surface area contributed by atoms with Gasteiger partial charge in [0, 0.05) is 11.1 Å². The Balaban J connectivity index is 2.55. The zero-order valence-corrected chi connectivity index (χ0v) is 12.1. The minimum atomic E-state index is 0.721. The topological polar surface area (TPSA) is 48.1 Å². The number of benzene rings is 1. The molecule has 0 spiro atoms. The highest BCUT2D eigenvalue weighted by Crippen LogP contribution is 2.33. The van der Waals surface area contributed by atoms with Crippen LogP contribution >= 0.6 is 11.6 Å². The summed E-state index contributed by atoms with van der Waals surface area (Å²) < 4.78 is 5.38. The van der Waals surface area contributed by atoms with Gasteiger partial charge in [0.2, 0.25) is 0 Å². The summed E-state index contributed by atoms with van der Waals surface area (Å²) in [5.74, 6) is 0.767. The normalized spacial score (nSPS) is 10.9. The predicted octanol–water partition coefficient (Wildman–Crippen LogP) is 3.49. The monoisotopic (exact) mass is 278 g/mol. The molecule has 0 aliphatic carbocycles. The maximum absolute atomic E-state index is 6.34. The van der Waals surface area contributed by atoms with Crippen molar-refractivity contribution in [3.63, 3.8) is 0 Å². The molecule has 1 aromatic heterocycles. The van der Waals surface area contributed by atoms with E-state index in [0.29, 0.717) is 0 Å². The third-order valence-corrected chi connectivity index (χ3v) is 3.52. The molecule has 3 nitrogen and oxygen atoms in total. The number of methoxy groups -OCH3 is 1. The molecule has 1 heterocycles. The number of ether oxygens (including phenoxy) is 1. The molecule has 0 radical (unpaired) electrons. The Morgan fingerprint density at radius 2 is 2.11 bits per heavy atom. The fourth-order valence-electron chi connectivity index (χ4n) is 2.32. The van der Waals surface area contributed by atoms with E-state index in [1.165, 1.54) is 5.56 Å². The maximum atomic E-state index is 6.34. The Morgan fingerprint density at radius 3 is 2.79 bits per heavy atom. The minimum absolute atomic E-state index is 0.721. The van der Waals surface area contributed by atoms with Crippen LogP contribution in [0.25, 0.3) is 10.9 Å². The lowest BCUT2D eigenvalue weighted by molar-refractivity contribution is 0.419. The second-order valence-electron chi connectivity index (χ2n) is 4.64. The zero-order valence-electron chi connectivity index (χ0n) is 11.4. The first-order chi connectivity index (χ1) is 9.17. The molecule has 2 aromatic rings. The van der Waals surface area contributed by atoms with E-state index >= 15 is 0 Å². The van der Waals surface area contributed by atoms with Gasteiger partial charge in [-0.15, -0.1) is 0 Å². The van der Waals surface area contributed by atoms with Crippen molar-refractivity contribution in [3.05, 3.63) is 34.5 Å². The number of hydrogen-bond acceptors (Lipinski definition) is 3. The molecule has 19 heavy (non-hydrogen) atoms. The molecule has 102 valence electrons. The van der Waals surface area contributed by atoms with Crippen LogP contribution in [-0.4, -0.2) is 18.6 Å². The molecule has 2 rings (SSSR count). The van der Waals surface area contributed by atoms with Gasteiger partial charge >= 0.3 is 0 Å². The lowest BCUT2D eigenvalue weighted by atomic mass is 10.0. The summed E-state index contributed by atoms with van der Waals surface area (Å²) in [6.07, 6.45) is 3.04. The first kappa shape index (κ1) is 14.1. The van der Waals surface area contributed by atoms with Crippen molar-refractivity contribution in [2.24, 2.45) is 5.73 Å². The van der Waals surface area contributed by atoms with E-state index in [-0.39, 0.29) is 0 Å². The average Bonchev–Trinajstić information content (AvgIpc) is 2.39. The number of hydrogen-bond donors (Lipinski definition) is 1. The van der Waals surface area contributed by atoms with Gasteiger partial charge in [-0.05, 0) is 56.5 Å². The van der Waals surface area contributed by atoms with Gasteiger partial charge in [-0.3, -0.25) is 0 Å². The number of rotatable bonds is 5. The zero-order chi connectivity index (χ0) is 13.8. The number of nitrogens with two attached hydrogens (primary N) is 1. The van der Waals surface area contributed by atoms with E-state index in [1.54, 1.807) is 7.11 Å². The summed E-state index contributed by atoms with van der Waals surface area (Å²) in [5, 5.41) is 1.73. The number of pyridine rings is 1. The van der Waals surface area contributed by atoms with Crippen LogP contribution in [0.2, 0.25) is 5.02 Å². The lowest BCUT2D eigenvalue weighted by Gasteiger charge is -2.12. The number of halogens is 1. The molecule has 0 atom stereocenters. The van der Waals surface area contributed by atoms with Crippen molar-refractivity contribution >= 4 is 22.5 Å². The number of aryl methyl sites for hydroxylation is 2. The van der Waals surface area contributed by atoms with E-state index in [4.69, 9.17) is 22.1 Å². The molecule has 0 amide bonds. The van der Waals surface area contributed by atoms with Gasteiger partial charge in [-0.25, -0.2) is 4.98 Å². The number of unbranched alkanes of at least 4 members (excludes halogenated alkanes) is 1. The Kier molecular flexibility index (Phi) is 4.61. The van der Waals surface area contributed by atoms with Crippen LogP contribution in [0.15, 0.2) is 18.2 Å². The quantitative estimate of drug-likeness (QED) is 0.852. The number of nitrogens with zero attached hydrogens (tertiary/aromatic N) is 1. The van der Waals surface area contributed by atoms with Crippen molar-refractivity contribution in [3.8, 4) is 5.75 Å². The number of fused-ring (bicyclic) bond motifs is 1. The Bertz CT molecular complexity index is 584. The molecule has 0 bridgehead atoms. The van der Waals surface area contributed by atoms with Gasteiger partial charge in [0.15, 0.2) is 0 Å². The van der Waals surface area contributed by atoms with E-state index in [1.807, 2.05) is 19.1 Å². The van der Waals surface area contributed by atoms with E-state index in [9.17, 15) is 0 Å². The SMILES string of the molecule is COc1ccc(Cl)c2c(CCCCN)cc(C)nc12. The van der Waals surface area contributed by atoms with Gasteiger partial charge in [0.1, 0.15) is 11.3 Å². The summed E-state index contributed by atoms with van der Waals surface area (Å²) in [4.78, 5) is 4.56. The molecule has 0 saturated carbocycles. The average molecular weight is 279 g/mol. The maximum Gasteiger partial charge on any atom is 0.145 e. The Morgan fingerprint density at radius 1 is 1.32 bits per heavy atom. The first-order valence-corrected chi connectivity index (χ1v) is 6.88. The summed E-state index contributed by atoms with van der Waals surface area (Å²) in [6.45, 7) is 2.71. The smallest absolute Gasteiger partial charge is 0.145 e. The molecule has 2 N–H and O–H groups in total. The third-order valence-electron chi connectivity index (χ3n) is 3.20. The fourth-order valence-corrected chi connectivity index (χ4v) is 2.59. The second kappa shape index (κ2) is 6.22. The van der Waals surface area contributed by atoms with Crippen molar-refractivity contribution in [1.82, 2.24) is 4.98 Å². The standard InChI is InChI=1S/C15H19ClN2O/c1-10-9-11(5-3-4-8-17)14-12(16)6-7-13(19-2)15(14)18-10/h6-7,9H,3-5,8,17H2,1-2H3.